The SMILES string of the molecule is CO[Si](CCCNc1cc(O)[nH]c1O)(OC)OC. The van der Waals surface area contributed by atoms with Crippen molar-refractivity contribution in [2.45, 2.75) is 12.5 Å². The van der Waals surface area contributed by atoms with Crippen LogP contribution in [-0.4, -0.2) is 51.9 Å². The molecule has 0 unspecified atom stereocenters. The van der Waals surface area contributed by atoms with Crippen LogP contribution in [-0.2, 0) is 13.3 Å². The summed E-state index contributed by atoms with van der Waals surface area (Å²) in [5, 5.41) is 21.5. The Kier molecular flexibility index (Phi) is 5.47. The molecule has 0 radical (unpaired) electrons. The summed E-state index contributed by atoms with van der Waals surface area (Å²) in [6.07, 6.45) is 0.757. The van der Waals surface area contributed by atoms with E-state index in [0.29, 0.717) is 18.3 Å². The van der Waals surface area contributed by atoms with Crippen molar-refractivity contribution < 1.29 is 23.5 Å². The quantitative estimate of drug-likeness (QED) is 0.419. The van der Waals surface area contributed by atoms with Gasteiger partial charge in [0.05, 0.1) is 0 Å². The Morgan fingerprint density at radius 2 is 1.83 bits per heavy atom. The molecular formula is C10H20N2O5Si. The predicted octanol–water partition coefficient (Wildman–Crippen LogP) is 1.11. The first-order valence-corrected chi connectivity index (χ1v) is 7.50. The molecule has 1 heterocycles. The van der Waals surface area contributed by atoms with Crippen LogP contribution in [0, 0.1) is 0 Å². The summed E-state index contributed by atoms with van der Waals surface area (Å²) in [7, 11) is 2.19. The molecule has 0 spiro atoms. The van der Waals surface area contributed by atoms with E-state index >= 15 is 0 Å². The molecule has 0 aliphatic heterocycles. The predicted molar refractivity (Wildman–Crippen MR) is 68.8 cm³/mol. The van der Waals surface area contributed by atoms with E-state index in [4.69, 9.17) is 18.4 Å². The summed E-state index contributed by atoms with van der Waals surface area (Å²) in [6.45, 7) is 0.607. The number of hydrogen-bond donors (Lipinski definition) is 4. The molecule has 1 rings (SSSR count). The van der Waals surface area contributed by atoms with Crippen LogP contribution in [0.4, 0.5) is 5.69 Å². The highest BCUT2D eigenvalue weighted by atomic mass is 28.4. The zero-order chi connectivity index (χ0) is 13.6. The van der Waals surface area contributed by atoms with Crippen molar-refractivity contribution in [1.82, 2.24) is 4.98 Å². The lowest BCUT2D eigenvalue weighted by atomic mass is 10.4. The largest absolute Gasteiger partial charge is 0.500 e. The first-order chi connectivity index (χ1) is 8.56. The van der Waals surface area contributed by atoms with Crippen molar-refractivity contribution in [3.8, 4) is 11.8 Å². The van der Waals surface area contributed by atoms with Gasteiger partial charge in [-0.1, -0.05) is 0 Å². The van der Waals surface area contributed by atoms with Gasteiger partial charge in [0.25, 0.3) is 0 Å². The number of rotatable bonds is 8. The minimum atomic E-state index is -2.52. The molecule has 0 aliphatic rings. The first kappa shape index (κ1) is 14.8. The number of aromatic nitrogens is 1. The minimum Gasteiger partial charge on any atom is -0.494 e. The highest BCUT2D eigenvalue weighted by Crippen LogP contribution is 2.27. The molecule has 0 saturated heterocycles. The second-order valence-corrected chi connectivity index (χ2v) is 6.83. The number of hydrogen-bond acceptors (Lipinski definition) is 6. The third kappa shape index (κ3) is 3.64. The van der Waals surface area contributed by atoms with Gasteiger partial charge in [0.2, 0.25) is 5.88 Å². The fourth-order valence-corrected chi connectivity index (χ4v) is 3.37. The summed E-state index contributed by atoms with van der Waals surface area (Å²) in [5.74, 6) is -0.161. The molecular weight excluding hydrogens is 256 g/mol. The summed E-state index contributed by atoms with van der Waals surface area (Å²) >= 11 is 0. The van der Waals surface area contributed by atoms with Crippen molar-refractivity contribution >= 4 is 14.5 Å². The van der Waals surface area contributed by atoms with Crippen LogP contribution in [0.15, 0.2) is 6.07 Å². The summed E-state index contributed by atoms with van der Waals surface area (Å²) in [5.41, 5.74) is 0.465. The van der Waals surface area contributed by atoms with Crippen LogP contribution in [0.25, 0.3) is 0 Å². The Morgan fingerprint density at radius 1 is 1.22 bits per heavy atom. The Labute approximate surface area is 107 Å². The molecule has 0 aromatic carbocycles. The fraction of sp³-hybridized carbons (Fsp3) is 0.600. The standard InChI is InChI=1S/C10H20N2O5Si/c1-15-18(16-2,17-3)6-4-5-11-8-7-9(13)12-10(8)14/h7,11-14H,4-6H2,1-3H3. The molecule has 0 bridgehead atoms. The normalized spacial score (nSPS) is 11.7. The van der Waals surface area contributed by atoms with Crippen molar-refractivity contribution in [2.75, 3.05) is 33.2 Å². The number of nitrogens with one attached hydrogen (secondary N) is 2. The van der Waals surface area contributed by atoms with Crippen LogP contribution in [0.1, 0.15) is 6.42 Å². The van der Waals surface area contributed by atoms with Gasteiger partial charge in [-0.2, -0.15) is 0 Å². The molecule has 0 saturated carbocycles. The highest BCUT2D eigenvalue weighted by molar-refractivity contribution is 6.60. The molecule has 0 fully saturated rings. The Balaban J connectivity index is 2.36. The van der Waals surface area contributed by atoms with Crippen LogP contribution in [0.3, 0.4) is 0 Å². The lowest BCUT2D eigenvalue weighted by molar-refractivity contribution is 0.123. The van der Waals surface area contributed by atoms with Gasteiger partial charge < -0.3 is 28.8 Å². The van der Waals surface area contributed by atoms with Crippen LogP contribution >= 0.6 is 0 Å². The van der Waals surface area contributed by atoms with Crippen LogP contribution in [0.5, 0.6) is 11.8 Å². The average Bonchev–Trinajstić information content (AvgIpc) is 2.69. The molecule has 7 nitrogen and oxygen atoms in total. The number of aromatic hydroxyl groups is 2. The van der Waals surface area contributed by atoms with E-state index in [1.54, 1.807) is 21.3 Å². The lowest BCUT2D eigenvalue weighted by Crippen LogP contribution is -2.42. The second kappa shape index (κ2) is 6.64. The summed E-state index contributed by atoms with van der Waals surface area (Å²) < 4.78 is 15.9. The van der Waals surface area contributed by atoms with Gasteiger partial charge in [0.1, 0.15) is 5.69 Å². The van der Waals surface area contributed by atoms with E-state index < -0.39 is 8.80 Å². The van der Waals surface area contributed by atoms with Gasteiger partial charge in [-0.05, 0) is 6.42 Å². The van der Waals surface area contributed by atoms with Crippen LogP contribution in [0.2, 0.25) is 6.04 Å². The van der Waals surface area contributed by atoms with Gasteiger partial charge in [-0.15, -0.1) is 0 Å². The lowest BCUT2D eigenvalue weighted by Gasteiger charge is -2.24. The third-order valence-electron chi connectivity index (χ3n) is 2.69. The molecule has 0 amide bonds. The van der Waals surface area contributed by atoms with Crippen molar-refractivity contribution in [2.24, 2.45) is 0 Å². The summed E-state index contributed by atoms with van der Waals surface area (Å²) in [6, 6.07) is 2.09. The first-order valence-electron chi connectivity index (χ1n) is 5.57. The number of aromatic amines is 1. The van der Waals surface area contributed by atoms with Gasteiger partial charge in [0, 0.05) is 40.0 Å². The van der Waals surface area contributed by atoms with E-state index in [0.717, 1.165) is 6.42 Å². The molecule has 4 N–H and O–H groups in total. The topological polar surface area (TPSA) is 96.0 Å². The van der Waals surface area contributed by atoms with Crippen LogP contribution < -0.4 is 5.32 Å². The van der Waals surface area contributed by atoms with E-state index in [9.17, 15) is 5.11 Å². The molecule has 0 aliphatic carbocycles. The average molecular weight is 276 g/mol. The maximum atomic E-state index is 9.39. The molecule has 104 valence electrons. The fourth-order valence-electron chi connectivity index (χ4n) is 1.65. The highest BCUT2D eigenvalue weighted by Gasteiger charge is 2.36. The second-order valence-electron chi connectivity index (χ2n) is 3.74. The molecule has 18 heavy (non-hydrogen) atoms. The van der Waals surface area contributed by atoms with E-state index in [1.165, 1.54) is 6.07 Å². The van der Waals surface area contributed by atoms with Crippen molar-refractivity contribution in [3.63, 3.8) is 0 Å². The van der Waals surface area contributed by atoms with Crippen molar-refractivity contribution in [3.05, 3.63) is 6.07 Å². The molecule has 1 aromatic heterocycles. The van der Waals surface area contributed by atoms with Gasteiger partial charge in [0.15, 0.2) is 5.88 Å². The van der Waals surface area contributed by atoms with Gasteiger partial charge in [-0.25, -0.2) is 0 Å². The van der Waals surface area contributed by atoms with Gasteiger partial charge >= 0.3 is 8.80 Å². The Bertz CT molecular complexity index is 359. The summed E-state index contributed by atoms with van der Waals surface area (Å²) in [4.78, 5) is 2.38. The zero-order valence-electron chi connectivity index (χ0n) is 10.8. The Hall–Kier alpha value is -1.22. The molecule has 8 heteroatoms. The van der Waals surface area contributed by atoms with Crippen molar-refractivity contribution in [1.29, 1.82) is 0 Å². The Morgan fingerprint density at radius 3 is 2.28 bits per heavy atom. The van der Waals surface area contributed by atoms with E-state index in [-0.39, 0.29) is 11.8 Å². The number of anilines is 1. The number of H-pyrrole nitrogens is 1. The molecule has 1 aromatic rings. The van der Waals surface area contributed by atoms with E-state index in [1.807, 2.05) is 0 Å². The minimum absolute atomic E-state index is 0.0793. The third-order valence-corrected chi connectivity index (χ3v) is 5.52. The van der Waals surface area contributed by atoms with E-state index in [2.05, 4.69) is 10.3 Å². The smallest absolute Gasteiger partial charge is 0.494 e. The zero-order valence-corrected chi connectivity index (χ0v) is 11.8. The monoisotopic (exact) mass is 276 g/mol. The maximum absolute atomic E-state index is 9.39. The molecule has 0 atom stereocenters. The maximum Gasteiger partial charge on any atom is 0.500 e. The van der Waals surface area contributed by atoms with Gasteiger partial charge in [-0.3, -0.25) is 4.98 Å².